The molecule has 0 spiro atoms. The molecule has 0 heterocycles. The third-order valence-corrected chi connectivity index (χ3v) is 8.18. The highest BCUT2D eigenvalue weighted by Crippen LogP contribution is 2.43. The zero-order chi connectivity index (χ0) is 29.0. The number of hydrogen-bond donors (Lipinski definition) is 1. The van der Waals surface area contributed by atoms with Crippen LogP contribution in [0.15, 0.2) is 103 Å². The third kappa shape index (κ3) is 7.66. The van der Waals surface area contributed by atoms with Crippen molar-refractivity contribution in [2.45, 2.75) is 70.8 Å². The van der Waals surface area contributed by atoms with Crippen LogP contribution < -0.4 is 0 Å². The summed E-state index contributed by atoms with van der Waals surface area (Å²) in [5, 5.41) is 13.8. The Morgan fingerprint density at radius 3 is 1.43 bits per heavy atom. The molecule has 0 aliphatic carbocycles. The van der Waals surface area contributed by atoms with Gasteiger partial charge in [-0.1, -0.05) is 148 Å². The van der Waals surface area contributed by atoms with E-state index in [0.29, 0.717) is 13.0 Å². The summed E-state index contributed by atoms with van der Waals surface area (Å²) in [5.74, 6) is -0.679. The fourth-order valence-corrected chi connectivity index (χ4v) is 6.03. The van der Waals surface area contributed by atoms with Gasteiger partial charge in [0.25, 0.3) is 0 Å². The zero-order valence-corrected chi connectivity index (χ0v) is 24.6. The van der Waals surface area contributed by atoms with Gasteiger partial charge >= 0.3 is 5.97 Å². The number of fused-ring (bicyclic) bond motifs is 2. The van der Waals surface area contributed by atoms with Gasteiger partial charge in [-0.25, -0.2) is 0 Å². The molecule has 1 N–H and O–H groups in total. The van der Waals surface area contributed by atoms with Gasteiger partial charge in [-0.2, -0.15) is 0 Å². The molecule has 0 radical (unpaired) electrons. The number of benzene rings is 5. The predicted octanol–water partition coefficient (Wildman–Crippen LogP) is 10.8. The van der Waals surface area contributed by atoms with E-state index in [4.69, 9.17) is 9.84 Å². The topological polar surface area (TPSA) is 46.5 Å². The number of carbonyl (C=O) groups is 1. The maximum absolute atomic E-state index is 10.5. The maximum atomic E-state index is 10.5. The molecule has 0 aromatic heterocycles. The molecule has 5 rings (SSSR count). The van der Waals surface area contributed by atoms with E-state index in [9.17, 15) is 4.79 Å². The van der Waals surface area contributed by atoms with Crippen LogP contribution in [0.4, 0.5) is 0 Å². The second kappa shape index (κ2) is 15.3. The molecule has 0 amide bonds. The van der Waals surface area contributed by atoms with Crippen molar-refractivity contribution in [2.75, 3.05) is 6.61 Å². The molecule has 5 aromatic carbocycles. The number of carboxylic acid groups (broad SMARTS) is 1. The molecule has 5 aromatic rings. The highest BCUT2D eigenvalue weighted by molar-refractivity contribution is 6.21. The van der Waals surface area contributed by atoms with Gasteiger partial charge in [0.05, 0.1) is 6.61 Å². The SMILES string of the molecule is O=C(O)CCCCCCCCCCCOCc1ccc(-c2c3ccccc3c(-c3ccccc3)c3ccccc23)cc1. The minimum atomic E-state index is -0.679. The molecule has 0 unspecified atom stereocenters. The Kier molecular flexibility index (Phi) is 10.8. The molecular weight excluding hydrogens is 516 g/mol. The molecule has 42 heavy (non-hydrogen) atoms. The van der Waals surface area contributed by atoms with Crippen molar-refractivity contribution in [1.29, 1.82) is 0 Å². The molecule has 0 saturated carbocycles. The molecule has 0 atom stereocenters. The van der Waals surface area contributed by atoms with E-state index in [1.807, 2.05) is 0 Å². The van der Waals surface area contributed by atoms with Crippen molar-refractivity contribution < 1.29 is 14.6 Å². The van der Waals surface area contributed by atoms with Gasteiger partial charge in [-0.05, 0) is 62.2 Å². The summed E-state index contributed by atoms with van der Waals surface area (Å²) in [6.45, 7) is 1.44. The first-order chi connectivity index (χ1) is 20.7. The number of rotatable bonds is 16. The van der Waals surface area contributed by atoms with Crippen LogP contribution >= 0.6 is 0 Å². The molecule has 0 fully saturated rings. The first kappa shape index (κ1) is 29.5. The van der Waals surface area contributed by atoms with E-state index in [-0.39, 0.29) is 0 Å². The Hall–Kier alpha value is -3.95. The number of carboxylic acids is 1. The Morgan fingerprint density at radius 2 is 0.929 bits per heavy atom. The highest BCUT2D eigenvalue weighted by Gasteiger charge is 2.16. The van der Waals surface area contributed by atoms with Crippen LogP contribution in [0.1, 0.15) is 69.8 Å². The van der Waals surface area contributed by atoms with E-state index in [1.54, 1.807) is 0 Å². The molecule has 3 nitrogen and oxygen atoms in total. The van der Waals surface area contributed by atoms with Crippen LogP contribution in [-0.2, 0) is 16.1 Å². The molecule has 0 bridgehead atoms. The molecule has 0 aliphatic rings. The Bertz CT molecular complexity index is 1510. The number of unbranched alkanes of at least 4 members (excludes halogenated alkanes) is 8. The summed E-state index contributed by atoms with van der Waals surface area (Å²) in [6, 6.07) is 37.2. The zero-order valence-electron chi connectivity index (χ0n) is 24.6. The van der Waals surface area contributed by atoms with Crippen LogP contribution in [0.25, 0.3) is 43.8 Å². The Balaban J connectivity index is 1.16. The molecule has 216 valence electrons. The van der Waals surface area contributed by atoms with Gasteiger partial charge in [-0.3, -0.25) is 4.79 Å². The van der Waals surface area contributed by atoms with E-state index >= 15 is 0 Å². The quantitative estimate of drug-likeness (QED) is 0.0968. The van der Waals surface area contributed by atoms with Crippen molar-refractivity contribution in [3.8, 4) is 22.3 Å². The van der Waals surface area contributed by atoms with Gasteiger partial charge in [0.1, 0.15) is 0 Å². The summed E-state index contributed by atoms with van der Waals surface area (Å²) in [6.07, 6.45) is 10.6. The van der Waals surface area contributed by atoms with Crippen molar-refractivity contribution in [3.63, 3.8) is 0 Å². The fourth-order valence-electron chi connectivity index (χ4n) is 6.03. The number of aliphatic carboxylic acids is 1. The molecular formula is C39H42O3. The van der Waals surface area contributed by atoms with Gasteiger partial charge in [0.2, 0.25) is 0 Å². The lowest BCUT2D eigenvalue weighted by Gasteiger charge is -2.18. The van der Waals surface area contributed by atoms with Crippen LogP contribution in [0.2, 0.25) is 0 Å². The van der Waals surface area contributed by atoms with Crippen LogP contribution in [0.5, 0.6) is 0 Å². The van der Waals surface area contributed by atoms with Crippen molar-refractivity contribution in [2.24, 2.45) is 0 Å². The third-order valence-electron chi connectivity index (χ3n) is 8.18. The predicted molar refractivity (Wildman–Crippen MR) is 176 cm³/mol. The average Bonchev–Trinajstić information content (AvgIpc) is 3.02. The smallest absolute Gasteiger partial charge is 0.303 e. The summed E-state index contributed by atoms with van der Waals surface area (Å²) < 4.78 is 6.01. The molecule has 3 heteroatoms. The van der Waals surface area contributed by atoms with Crippen molar-refractivity contribution in [1.82, 2.24) is 0 Å². The lowest BCUT2D eigenvalue weighted by atomic mass is 9.86. The van der Waals surface area contributed by atoms with Crippen molar-refractivity contribution in [3.05, 3.63) is 109 Å². The average molecular weight is 559 g/mol. The maximum Gasteiger partial charge on any atom is 0.303 e. The van der Waals surface area contributed by atoms with Gasteiger partial charge < -0.3 is 9.84 Å². The summed E-state index contributed by atoms with van der Waals surface area (Å²) in [4.78, 5) is 10.5. The lowest BCUT2D eigenvalue weighted by molar-refractivity contribution is -0.137. The van der Waals surface area contributed by atoms with Crippen LogP contribution in [-0.4, -0.2) is 17.7 Å². The number of ether oxygens (including phenoxy) is 1. The lowest BCUT2D eigenvalue weighted by Crippen LogP contribution is -1.96. The minimum absolute atomic E-state index is 0.307. The monoisotopic (exact) mass is 558 g/mol. The molecule has 0 aliphatic heterocycles. The number of hydrogen-bond acceptors (Lipinski definition) is 2. The molecule has 0 saturated heterocycles. The van der Waals surface area contributed by atoms with Crippen LogP contribution in [0, 0.1) is 0 Å². The highest BCUT2D eigenvalue weighted by atomic mass is 16.5. The fraction of sp³-hybridized carbons (Fsp3) is 0.308. The van der Waals surface area contributed by atoms with E-state index < -0.39 is 5.97 Å². The normalized spacial score (nSPS) is 11.3. The van der Waals surface area contributed by atoms with E-state index in [2.05, 4.69) is 103 Å². The standard InChI is InChI=1S/C39H42O3/c40-37(41)23-11-6-4-2-1-3-5-7-16-28-42-29-30-24-26-32(27-25-30)39-35-21-14-12-19-33(35)38(31-17-9-8-10-18-31)34-20-13-15-22-36(34)39/h8-10,12-15,17-22,24-27H,1-7,11,16,23,28-29H2,(H,40,41). The van der Waals surface area contributed by atoms with Gasteiger partial charge in [0, 0.05) is 13.0 Å². The Morgan fingerprint density at radius 1 is 0.500 bits per heavy atom. The largest absolute Gasteiger partial charge is 0.481 e. The van der Waals surface area contributed by atoms with E-state index in [0.717, 1.165) is 32.3 Å². The van der Waals surface area contributed by atoms with Crippen LogP contribution in [0.3, 0.4) is 0 Å². The summed E-state index contributed by atoms with van der Waals surface area (Å²) in [7, 11) is 0. The second-order valence-corrected chi connectivity index (χ2v) is 11.3. The van der Waals surface area contributed by atoms with E-state index in [1.165, 1.54) is 81.5 Å². The summed E-state index contributed by atoms with van der Waals surface area (Å²) >= 11 is 0. The van der Waals surface area contributed by atoms with Gasteiger partial charge in [-0.15, -0.1) is 0 Å². The minimum Gasteiger partial charge on any atom is -0.481 e. The first-order valence-corrected chi connectivity index (χ1v) is 15.6. The van der Waals surface area contributed by atoms with Crippen molar-refractivity contribution >= 4 is 27.5 Å². The summed E-state index contributed by atoms with van der Waals surface area (Å²) in [5.41, 5.74) is 6.26. The first-order valence-electron chi connectivity index (χ1n) is 15.6. The second-order valence-electron chi connectivity index (χ2n) is 11.3. The van der Waals surface area contributed by atoms with Gasteiger partial charge in [0.15, 0.2) is 0 Å². The Labute approximate surface area is 250 Å².